The van der Waals surface area contributed by atoms with E-state index in [1.54, 1.807) is 24.7 Å². The summed E-state index contributed by atoms with van der Waals surface area (Å²) < 4.78 is 20.4. The summed E-state index contributed by atoms with van der Waals surface area (Å²) in [7, 11) is 0. The predicted molar refractivity (Wildman–Crippen MR) is 97.8 cm³/mol. The lowest BCUT2D eigenvalue weighted by Crippen LogP contribution is -1.95. The maximum atomic E-state index is 13.0. The molecule has 130 valence electrons. The van der Waals surface area contributed by atoms with Gasteiger partial charge >= 0.3 is 0 Å². The van der Waals surface area contributed by atoms with Crippen LogP contribution in [0.5, 0.6) is 0 Å². The van der Waals surface area contributed by atoms with Gasteiger partial charge in [0, 0.05) is 16.3 Å². The van der Waals surface area contributed by atoms with E-state index in [-0.39, 0.29) is 5.82 Å². The monoisotopic (exact) mass is 386 g/mol. The van der Waals surface area contributed by atoms with Crippen LogP contribution in [0.4, 0.5) is 4.39 Å². The molecule has 0 saturated carbocycles. The van der Waals surface area contributed by atoms with Crippen LogP contribution in [0.3, 0.4) is 0 Å². The van der Waals surface area contributed by atoms with Crippen LogP contribution in [0.25, 0.3) is 17.1 Å². The zero-order chi connectivity index (χ0) is 17.9. The van der Waals surface area contributed by atoms with Gasteiger partial charge in [0.1, 0.15) is 18.4 Å². The quantitative estimate of drug-likeness (QED) is 0.451. The summed E-state index contributed by atoms with van der Waals surface area (Å²) in [4.78, 5) is 4.44. The highest BCUT2D eigenvalue weighted by atomic mass is 35.5. The minimum absolute atomic E-state index is 0.295. The largest absolute Gasteiger partial charge is 0.444 e. The van der Waals surface area contributed by atoms with Crippen molar-refractivity contribution in [3.05, 3.63) is 77.7 Å². The number of nitrogens with zero attached hydrogens (tertiary/aromatic N) is 4. The average molecular weight is 387 g/mol. The van der Waals surface area contributed by atoms with Crippen LogP contribution in [0, 0.1) is 5.82 Å². The van der Waals surface area contributed by atoms with Gasteiger partial charge < -0.3 is 4.42 Å². The van der Waals surface area contributed by atoms with Crippen molar-refractivity contribution in [3.8, 4) is 17.1 Å². The number of hydrogen-bond donors (Lipinski definition) is 0. The Morgan fingerprint density at radius 1 is 1.15 bits per heavy atom. The molecule has 0 aliphatic carbocycles. The standard InChI is InChI=1S/C18H12ClFN4OS/c19-13-2-1-3-16(8-13)24-11-21-23-18(24)26-10-15-9-25-17(22-15)12-4-6-14(20)7-5-12/h1-9,11H,10H2. The van der Waals surface area contributed by atoms with Gasteiger partial charge in [-0.3, -0.25) is 4.57 Å². The number of rotatable bonds is 5. The van der Waals surface area contributed by atoms with Crippen LogP contribution in [-0.4, -0.2) is 19.7 Å². The van der Waals surface area contributed by atoms with Crippen LogP contribution < -0.4 is 0 Å². The van der Waals surface area contributed by atoms with E-state index in [9.17, 15) is 4.39 Å². The second-order valence-electron chi connectivity index (χ2n) is 5.40. The summed E-state index contributed by atoms with van der Waals surface area (Å²) in [6.07, 6.45) is 3.23. The Bertz CT molecular complexity index is 1030. The Morgan fingerprint density at radius 2 is 2.00 bits per heavy atom. The second-order valence-corrected chi connectivity index (χ2v) is 6.78. The van der Waals surface area contributed by atoms with Gasteiger partial charge in [0.2, 0.25) is 5.89 Å². The third-order valence-electron chi connectivity index (χ3n) is 3.59. The van der Waals surface area contributed by atoms with E-state index in [1.165, 1.54) is 23.9 Å². The summed E-state index contributed by atoms with van der Waals surface area (Å²) in [6.45, 7) is 0. The molecular weight excluding hydrogens is 375 g/mol. The summed E-state index contributed by atoms with van der Waals surface area (Å²) in [6, 6.07) is 13.5. The molecule has 0 saturated heterocycles. The molecule has 0 atom stereocenters. The van der Waals surface area contributed by atoms with Gasteiger partial charge in [-0.25, -0.2) is 9.37 Å². The van der Waals surface area contributed by atoms with Crippen LogP contribution in [0.1, 0.15) is 5.69 Å². The van der Waals surface area contributed by atoms with Gasteiger partial charge in [0.25, 0.3) is 0 Å². The first kappa shape index (κ1) is 16.8. The molecule has 0 amide bonds. The Morgan fingerprint density at radius 3 is 2.81 bits per heavy atom. The molecular formula is C18H12ClFN4OS. The first-order valence-corrected chi connectivity index (χ1v) is 9.04. The predicted octanol–water partition coefficient (Wildman–Crippen LogP) is 5.01. The fraction of sp³-hybridized carbons (Fsp3) is 0.0556. The molecule has 0 spiro atoms. The Balaban J connectivity index is 1.49. The normalized spacial score (nSPS) is 11.0. The Kier molecular flexibility index (Phi) is 4.73. The number of thioether (sulfide) groups is 1. The molecule has 5 nitrogen and oxygen atoms in total. The molecule has 0 unspecified atom stereocenters. The number of oxazole rings is 1. The zero-order valence-corrected chi connectivity index (χ0v) is 14.9. The van der Waals surface area contributed by atoms with E-state index >= 15 is 0 Å². The van der Waals surface area contributed by atoms with Crippen molar-refractivity contribution >= 4 is 23.4 Å². The molecule has 0 radical (unpaired) electrons. The van der Waals surface area contributed by atoms with Crippen LogP contribution in [0.15, 0.2) is 70.7 Å². The number of aromatic nitrogens is 4. The van der Waals surface area contributed by atoms with Crippen molar-refractivity contribution in [2.75, 3.05) is 0 Å². The van der Waals surface area contributed by atoms with Gasteiger partial charge in [0.15, 0.2) is 5.16 Å². The van der Waals surface area contributed by atoms with Crippen LogP contribution in [-0.2, 0) is 5.75 Å². The average Bonchev–Trinajstić information content (AvgIpc) is 3.30. The second kappa shape index (κ2) is 7.31. The lowest BCUT2D eigenvalue weighted by Gasteiger charge is -2.05. The molecule has 4 aromatic rings. The molecule has 0 bridgehead atoms. The highest BCUT2D eigenvalue weighted by Crippen LogP contribution is 2.26. The van der Waals surface area contributed by atoms with E-state index < -0.39 is 0 Å². The molecule has 4 rings (SSSR count). The van der Waals surface area contributed by atoms with Crippen molar-refractivity contribution in [1.29, 1.82) is 0 Å². The molecule has 0 aliphatic rings. The smallest absolute Gasteiger partial charge is 0.226 e. The zero-order valence-electron chi connectivity index (χ0n) is 13.3. The minimum atomic E-state index is -0.295. The number of halogens is 2. The van der Waals surface area contributed by atoms with Crippen LogP contribution >= 0.6 is 23.4 Å². The third kappa shape index (κ3) is 3.63. The van der Waals surface area contributed by atoms with E-state index in [2.05, 4.69) is 15.2 Å². The molecule has 2 aromatic heterocycles. The summed E-state index contributed by atoms with van der Waals surface area (Å²) in [5.41, 5.74) is 2.37. The van der Waals surface area contributed by atoms with Gasteiger partial charge in [-0.15, -0.1) is 10.2 Å². The maximum Gasteiger partial charge on any atom is 0.226 e. The molecule has 2 heterocycles. The van der Waals surface area contributed by atoms with Crippen molar-refractivity contribution in [2.45, 2.75) is 10.9 Å². The molecule has 0 fully saturated rings. The fourth-order valence-corrected chi connectivity index (χ4v) is 3.35. The highest BCUT2D eigenvalue weighted by molar-refractivity contribution is 7.98. The Labute approximate surface area is 157 Å². The lowest BCUT2D eigenvalue weighted by molar-refractivity contribution is 0.573. The summed E-state index contributed by atoms with van der Waals surface area (Å²) in [5.74, 6) is 0.720. The third-order valence-corrected chi connectivity index (χ3v) is 4.81. The maximum absolute atomic E-state index is 13.0. The van der Waals surface area contributed by atoms with E-state index in [1.807, 2.05) is 28.8 Å². The molecule has 0 N–H and O–H groups in total. The SMILES string of the molecule is Fc1ccc(-c2nc(CSc3nncn3-c3cccc(Cl)c3)co2)cc1. The topological polar surface area (TPSA) is 56.7 Å². The van der Waals surface area contributed by atoms with Crippen LogP contribution in [0.2, 0.25) is 5.02 Å². The minimum Gasteiger partial charge on any atom is -0.444 e. The molecule has 0 aliphatic heterocycles. The van der Waals surface area contributed by atoms with E-state index in [0.717, 1.165) is 22.1 Å². The van der Waals surface area contributed by atoms with E-state index in [4.69, 9.17) is 16.0 Å². The molecule has 2 aromatic carbocycles. The van der Waals surface area contributed by atoms with E-state index in [0.29, 0.717) is 16.7 Å². The van der Waals surface area contributed by atoms with Crippen molar-refractivity contribution in [2.24, 2.45) is 0 Å². The van der Waals surface area contributed by atoms with Gasteiger partial charge in [-0.05, 0) is 42.5 Å². The fourth-order valence-electron chi connectivity index (χ4n) is 2.36. The van der Waals surface area contributed by atoms with Gasteiger partial charge in [-0.1, -0.05) is 29.4 Å². The Hall–Kier alpha value is -2.64. The molecule has 8 heteroatoms. The van der Waals surface area contributed by atoms with Crippen molar-refractivity contribution < 1.29 is 8.81 Å². The lowest BCUT2D eigenvalue weighted by atomic mass is 10.2. The summed E-state index contributed by atoms with van der Waals surface area (Å²) >= 11 is 7.53. The molecule has 26 heavy (non-hydrogen) atoms. The number of hydrogen-bond acceptors (Lipinski definition) is 5. The van der Waals surface area contributed by atoms with Crippen molar-refractivity contribution in [3.63, 3.8) is 0 Å². The first-order chi connectivity index (χ1) is 12.7. The van der Waals surface area contributed by atoms with Crippen molar-refractivity contribution in [1.82, 2.24) is 19.7 Å². The summed E-state index contributed by atoms with van der Waals surface area (Å²) in [5, 5.41) is 9.48. The van der Waals surface area contributed by atoms with Gasteiger partial charge in [-0.2, -0.15) is 0 Å². The van der Waals surface area contributed by atoms with Gasteiger partial charge in [0.05, 0.1) is 11.4 Å². The highest BCUT2D eigenvalue weighted by Gasteiger charge is 2.11. The first-order valence-electron chi connectivity index (χ1n) is 7.68. The number of benzene rings is 2.